The Balaban J connectivity index is 1.43. The molecule has 3 atom stereocenters. The van der Waals surface area contributed by atoms with Crippen LogP contribution in [0.25, 0.3) is 0 Å². The molecule has 0 radical (unpaired) electrons. The highest BCUT2D eigenvalue weighted by atomic mass is 16.5. The van der Waals surface area contributed by atoms with Crippen molar-refractivity contribution in [3.8, 4) is 0 Å². The summed E-state index contributed by atoms with van der Waals surface area (Å²) in [5, 5.41) is 3.39. The third-order valence-electron chi connectivity index (χ3n) is 6.85. The van der Waals surface area contributed by atoms with Crippen molar-refractivity contribution in [1.29, 1.82) is 0 Å². The van der Waals surface area contributed by atoms with Gasteiger partial charge in [0.05, 0.1) is 19.3 Å². The Labute approximate surface area is 162 Å². The number of hydrogen-bond acceptors (Lipinski definition) is 4. The summed E-state index contributed by atoms with van der Waals surface area (Å²) in [7, 11) is 0. The summed E-state index contributed by atoms with van der Waals surface area (Å²) in [5.41, 5.74) is 7.60. The van der Waals surface area contributed by atoms with E-state index in [1.165, 1.54) is 24.8 Å². The minimum atomic E-state index is 0.0345. The molecule has 4 rings (SSSR count). The van der Waals surface area contributed by atoms with Crippen LogP contribution >= 0.6 is 0 Å². The number of morpholine rings is 1. The number of amides is 1. The molecule has 1 aromatic rings. The fourth-order valence-electron chi connectivity index (χ4n) is 5.25. The molecule has 3 aliphatic rings. The number of ether oxygens (including phenoxy) is 1. The molecule has 1 heterocycles. The van der Waals surface area contributed by atoms with Gasteiger partial charge in [-0.05, 0) is 43.1 Å². The van der Waals surface area contributed by atoms with Crippen LogP contribution in [0.5, 0.6) is 0 Å². The molecule has 1 saturated heterocycles. The quantitative estimate of drug-likeness (QED) is 0.834. The summed E-state index contributed by atoms with van der Waals surface area (Å²) in [6, 6.07) is 10.7. The molecular weight excluding hydrogens is 338 g/mol. The summed E-state index contributed by atoms with van der Waals surface area (Å²) < 4.78 is 5.47. The lowest BCUT2D eigenvalue weighted by Gasteiger charge is -2.44. The van der Waals surface area contributed by atoms with Crippen molar-refractivity contribution in [2.24, 2.45) is 23.5 Å². The molecule has 2 saturated carbocycles. The predicted molar refractivity (Wildman–Crippen MR) is 106 cm³/mol. The SMILES string of the molecule is NC1C2CCCC1CC(C(=O)NC(CN1CCOCC1)c1ccccc1)C2. The van der Waals surface area contributed by atoms with Crippen LogP contribution in [-0.4, -0.2) is 49.7 Å². The predicted octanol–water partition coefficient (Wildman–Crippen LogP) is 2.33. The van der Waals surface area contributed by atoms with Crippen LogP contribution in [0.15, 0.2) is 30.3 Å². The van der Waals surface area contributed by atoms with E-state index in [0.717, 1.165) is 45.7 Å². The summed E-state index contributed by atoms with van der Waals surface area (Å²) in [6.07, 6.45) is 5.58. The monoisotopic (exact) mass is 371 g/mol. The van der Waals surface area contributed by atoms with Crippen molar-refractivity contribution in [2.45, 2.75) is 44.2 Å². The second-order valence-corrected chi connectivity index (χ2v) is 8.58. The molecule has 1 aromatic carbocycles. The van der Waals surface area contributed by atoms with Gasteiger partial charge in [0.2, 0.25) is 5.91 Å². The van der Waals surface area contributed by atoms with E-state index in [0.29, 0.717) is 17.9 Å². The average Bonchev–Trinajstić information content (AvgIpc) is 2.68. The second-order valence-electron chi connectivity index (χ2n) is 8.58. The maximum Gasteiger partial charge on any atom is 0.223 e. The first-order valence-corrected chi connectivity index (χ1v) is 10.6. The fraction of sp³-hybridized carbons (Fsp3) is 0.682. The van der Waals surface area contributed by atoms with Gasteiger partial charge in [0.1, 0.15) is 0 Å². The molecular formula is C22H33N3O2. The fourth-order valence-corrected chi connectivity index (χ4v) is 5.25. The second kappa shape index (κ2) is 8.72. The highest BCUT2D eigenvalue weighted by Gasteiger charge is 2.40. The van der Waals surface area contributed by atoms with Crippen LogP contribution in [0, 0.1) is 17.8 Å². The number of benzene rings is 1. The maximum atomic E-state index is 13.2. The number of nitrogens with one attached hydrogen (secondary N) is 1. The third-order valence-corrected chi connectivity index (χ3v) is 6.85. The van der Waals surface area contributed by atoms with Crippen LogP contribution < -0.4 is 11.1 Å². The Morgan fingerprint density at radius 1 is 1.15 bits per heavy atom. The molecule has 3 unspecified atom stereocenters. The largest absolute Gasteiger partial charge is 0.379 e. The molecule has 0 aromatic heterocycles. The summed E-state index contributed by atoms with van der Waals surface area (Å²) in [5.74, 6) is 1.40. The third kappa shape index (κ3) is 4.53. The van der Waals surface area contributed by atoms with Gasteiger partial charge in [0, 0.05) is 31.6 Å². The molecule has 0 spiro atoms. The first-order valence-electron chi connectivity index (χ1n) is 10.6. The van der Waals surface area contributed by atoms with E-state index >= 15 is 0 Å². The van der Waals surface area contributed by atoms with E-state index in [9.17, 15) is 4.79 Å². The smallest absolute Gasteiger partial charge is 0.223 e. The minimum absolute atomic E-state index is 0.0345. The number of carbonyl (C=O) groups is 1. The topological polar surface area (TPSA) is 67.6 Å². The van der Waals surface area contributed by atoms with Gasteiger partial charge in [-0.2, -0.15) is 0 Å². The van der Waals surface area contributed by atoms with Gasteiger partial charge < -0.3 is 15.8 Å². The van der Waals surface area contributed by atoms with Crippen molar-refractivity contribution >= 4 is 5.91 Å². The number of nitrogens with two attached hydrogens (primary N) is 1. The zero-order valence-electron chi connectivity index (χ0n) is 16.2. The van der Waals surface area contributed by atoms with Crippen molar-refractivity contribution in [3.63, 3.8) is 0 Å². The summed E-state index contributed by atoms with van der Waals surface area (Å²) in [6.45, 7) is 4.26. The molecule has 5 heteroatoms. The van der Waals surface area contributed by atoms with Gasteiger partial charge in [0.15, 0.2) is 0 Å². The summed E-state index contributed by atoms with van der Waals surface area (Å²) in [4.78, 5) is 15.6. The first-order chi connectivity index (χ1) is 13.2. The van der Waals surface area contributed by atoms with Gasteiger partial charge in [-0.1, -0.05) is 36.8 Å². The summed E-state index contributed by atoms with van der Waals surface area (Å²) >= 11 is 0. The maximum absolute atomic E-state index is 13.2. The van der Waals surface area contributed by atoms with Gasteiger partial charge in [-0.3, -0.25) is 9.69 Å². The van der Waals surface area contributed by atoms with E-state index in [2.05, 4.69) is 34.5 Å². The average molecular weight is 372 g/mol. The highest BCUT2D eigenvalue weighted by molar-refractivity contribution is 5.79. The van der Waals surface area contributed by atoms with Crippen molar-refractivity contribution < 1.29 is 9.53 Å². The Kier molecular flexibility index (Phi) is 6.11. The number of fused-ring (bicyclic) bond motifs is 2. The van der Waals surface area contributed by atoms with Crippen LogP contribution in [0.3, 0.4) is 0 Å². The Morgan fingerprint density at radius 3 is 2.48 bits per heavy atom. The standard InChI is InChI=1S/C22H33N3O2/c23-21-17-7-4-8-18(21)14-19(13-17)22(26)24-20(16-5-2-1-3-6-16)15-25-9-11-27-12-10-25/h1-3,5-6,17-21H,4,7-15,23H2,(H,24,26). The van der Waals surface area contributed by atoms with E-state index < -0.39 is 0 Å². The molecule has 1 amide bonds. The van der Waals surface area contributed by atoms with Gasteiger partial charge >= 0.3 is 0 Å². The number of hydrogen-bond donors (Lipinski definition) is 2. The molecule has 2 bridgehead atoms. The lowest BCUT2D eigenvalue weighted by Crippen LogP contribution is -2.50. The van der Waals surface area contributed by atoms with E-state index in [1.807, 2.05) is 6.07 Å². The number of rotatable bonds is 5. The Hall–Kier alpha value is -1.43. The molecule has 2 aliphatic carbocycles. The molecule has 1 aliphatic heterocycles. The van der Waals surface area contributed by atoms with Crippen molar-refractivity contribution in [3.05, 3.63) is 35.9 Å². The number of nitrogens with zero attached hydrogens (tertiary/aromatic N) is 1. The molecule has 3 N–H and O–H groups in total. The van der Waals surface area contributed by atoms with Crippen LogP contribution in [0.4, 0.5) is 0 Å². The Bertz CT molecular complexity index is 603. The minimum Gasteiger partial charge on any atom is -0.379 e. The lowest BCUT2D eigenvalue weighted by molar-refractivity contribution is -0.129. The molecule has 148 valence electrons. The number of carbonyl (C=O) groups excluding carboxylic acids is 1. The molecule has 3 fully saturated rings. The van der Waals surface area contributed by atoms with Gasteiger partial charge in [-0.15, -0.1) is 0 Å². The van der Waals surface area contributed by atoms with Crippen molar-refractivity contribution in [2.75, 3.05) is 32.8 Å². The zero-order chi connectivity index (χ0) is 18.6. The van der Waals surface area contributed by atoms with Crippen LogP contribution in [0.2, 0.25) is 0 Å². The van der Waals surface area contributed by atoms with Crippen molar-refractivity contribution in [1.82, 2.24) is 10.2 Å². The lowest BCUT2D eigenvalue weighted by atomic mass is 9.65. The van der Waals surface area contributed by atoms with Gasteiger partial charge in [-0.25, -0.2) is 0 Å². The van der Waals surface area contributed by atoms with Crippen LogP contribution in [-0.2, 0) is 9.53 Å². The molecule has 5 nitrogen and oxygen atoms in total. The first kappa shape index (κ1) is 18.9. The Morgan fingerprint density at radius 2 is 1.81 bits per heavy atom. The van der Waals surface area contributed by atoms with Gasteiger partial charge in [0.25, 0.3) is 0 Å². The normalized spacial score (nSPS) is 32.6. The van der Waals surface area contributed by atoms with Crippen LogP contribution in [0.1, 0.15) is 43.7 Å². The van der Waals surface area contributed by atoms with E-state index in [4.69, 9.17) is 10.5 Å². The van der Waals surface area contributed by atoms with E-state index in [1.54, 1.807) is 0 Å². The molecule has 27 heavy (non-hydrogen) atoms. The zero-order valence-corrected chi connectivity index (χ0v) is 16.2. The highest BCUT2D eigenvalue weighted by Crippen LogP contribution is 2.42. The van der Waals surface area contributed by atoms with E-state index in [-0.39, 0.29) is 17.9 Å².